The highest BCUT2D eigenvalue weighted by molar-refractivity contribution is 5.92. The summed E-state index contributed by atoms with van der Waals surface area (Å²) in [6.07, 6.45) is 0.451. The van der Waals surface area contributed by atoms with Crippen LogP contribution in [-0.2, 0) is 4.79 Å². The molecule has 1 atom stereocenters. The zero-order valence-electron chi connectivity index (χ0n) is 11.7. The standard InChI is InChI=1S/C16H14FNO4/c17-12-3-1-10(2-4-12)13-5-6-14(22-13)15(19)18-8-7-11(9-18)16(20)21/h1-6,11H,7-9H2,(H,20,21)/t11-/m0/s1. The van der Waals surface area contributed by atoms with E-state index in [4.69, 9.17) is 9.52 Å². The molecule has 5 nitrogen and oxygen atoms in total. The molecule has 1 aliphatic rings. The Bertz CT molecular complexity index is 707. The normalized spacial score (nSPS) is 17.7. The zero-order chi connectivity index (χ0) is 15.7. The monoisotopic (exact) mass is 303 g/mol. The SMILES string of the molecule is O=C(O)[C@H]1CCN(C(=O)c2ccc(-c3ccc(F)cc3)o2)C1. The van der Waals surface area contributed by atoms with Crippen LogP contribution in [0.3, 0.4) is 0 Å². The van der Waals surface area contributed by atoms with E-state index < -0.39 is 11.9 Å². The van der Waals surface area contributed by atoms with Gasteiger partial charge in [-0.2, -0.15) is 0 Å². The van der Waals surface area contributed by atoms with Crippen LogP contribution in [0.4, 0.5) is 4.39 Å². The van der Waals surface area contributed by atoms with Crippen molar-refractivity contribution in [3.05, 3.63) is 48.0 Å². The summed E-state index contributed by atoms with van der Waals surface area (Å²) in [5, 5.41) is 8.97. The summed E-state index contributed by atoms with van der Waals surface area (Å²) in [4.78, 5) is 24.7. The van der Waals surface area contributed by atoms with Crippen LogP contribution in [0, 0.1) is 11.7 Å². The van der Waals surface area contributed by atoms with Crippen LogP contribution in [-0.4, -0.2) is 35.0 Å². The van der Waals surface area contributed by atoms with E-state index in [0.29, 0.717) is 24.3 Å². The number of benzene rings is 1. The number of furan rings is 1. The number of carboxylic acids is 1. The van der Waals surface area contributed by atoms with Gasteiger partial charge >= 0.3 is 5.97 Å². The number of carboxylic acid groups (broad SMARTS) is 1. The molecular weight excluding hydrogens is 289 g/mol. The topological polar surface area (TPSA) is 70.8 Å². The van der Waals surface area contributed by atoms with Crippen LogP contribution in [0.1, 0.15) is 17.0 Å². The molecule has 3 rings (SSSR count). The number of nitrogens with zero attached hydrogens (tertiary/aromatic N) is 1. The first-order valence-electron chi connectivity index (χ1n) is 6.92. The number of carbonyl (C=O) groups is 2. The van der Waals surface area contributed by atoms with Crippen LogP contribution in [0.2, 0.25) is 0 Å². The van der Waals surface area contributed by atoms with Gasteiger partial charge in [-0.3, -0.25) is 9.59 Å². The highest BCUT2D eigenvalue weighted by atomic mass is 19.1. The van der Waals surface area contributed by atoms with Gasteiger partial charge in [-0.25, -0.2) is 4.39 Å². The fourth-order valence-corrected chi connectivity index (χ4v) is 2.52. The van der Waals surface area contributed by atoms with Gasteiger partial charge in [-0.05, 0) is 42.8 Å². The maximum Gasteiger partial charge on any atom is 0.308 e. The summed E-state index contributed by atoms with van der Waals surface area (Å²) >= 11 is 0. The Labute approximate surface area is 126 Å². The molecule has 0 spiro atoms. The smallest absolute Gasteiger partial charge is 0.308 e. The van der Waals surface area contributed by atoms with Gasteiger partial charge in [0.2, 0.25) is 0 Å². The highest BCUT2D eigenvalue weighted by Crippen LogP contribution is 2.25. The van der Waals surface area contributed by atoms with Crippen LogP contribution in [0.25, 0.3) is 11.3 Å². The minimum absolute atomic E-state index is 0.158. The van der Waals surface area contributed by atoms with E-state index in [-0.39, 0.29) is 24.0 Å². The molecule has 6 heteroatoms. The number of amides is 1. The number of hydrogen-bond acceptors (Lipinski definition) is 3. The summed E-state index contributed by atoms with van der Waals surface area (Å²) in [6, 6.07) is 8.96. The quantitative estimate of drug-likeness (QED) is 0.946. The lowest BCUT2D eigenvalue weighted by molar-refractivity contribution is -0.141. The molecule has 2 aromatic rings. The molecule has 1 saturated heterocycles. The van der Waals surface area contributed by atoms with Gasteiger partial charge in [0.15, 0.2) is 5.76 Å². The Hall–Kier alpha value is -2.63. The van der Waals surface area contributed by atoms with E-state index in [1.165, 1.54) is 17.0 Å². The average molecular weight is 303 g/mol. The van der Waals surface area contributed by atoms with Crippen molar-refractivity contribution in [2.75, 3.05) is 13.1 Å². The second kappa shape index (κ2) is 5.63. The first-order valence-corrected chi connectivity index (χ1v) is 6.92. The lowest BCUT2D eigenvalue weighted by Crippen LogP contribution is -2.29. The number of likely N-dealkylation sites (tertiary alicyclic amines) is 1. The second-order valence-corrected chi connectivity index (χ2v) is 5.25. The molecule has 1 aliphatic heterocycles. The third kappa shape index (κ3) is 2.72. The van der Waals surface area contributed by atoms with Crippen molar-refractivity contribution >= 4 is 11.9 Å². The van der Waals surface area contributed by atoms with Crippen LogP contribution >= 0.6 is 0 Å². The molecule has 22 heavy (non-hydrogen) atoms. The third-order valence-corrected chi connectivity index (χ3v) is 3.77. The van der Waals surface area contributed by atoms with E-state index in [1.807, 2.05) is 0 Å². The van der Waals surface area contributed by atoms with Crippen LogP contribution in [0.15, 0.2) is 40.8 Å². The Morgan fingerprint density at radius 1 is 1.18 bits per heavy atom. The van der Waals surface area contributed by atoms with Crippen molar-refractivity contribution in [3.8, 4) is 11.3 Å². The van der Waals surface area contributed by atoms with Crippen molar-refractivity contribution in [1.29, 1.82) is 0 Å². The molecule has 0 radical (unpaired) electrons. The predicted octanol–water partition coefficient (Wildman–Crippen LogP) is 2.63. The van der Waals surface area contributed by atoms with Crippen molar-refractivity contribution in [2.24, 2.45) is 5.92 Å². The van der Waals surface area contributed by atoms with Crippen molar-refractivity contribution in [2.45, 2.75) is 6.42 Å². The fourth-order valence-electron chi connectivity index (χ4n) is 2.52. The number of aliphatic carboxylic acids is 1. The maximum absolute atomic E-state index is 12.9. The molecule has 1 aromatic heterocycles. The van der Waals surface area contributed by atoms with Gasteiger partial charge in [0.25, 0.3) is 5.91 Å². The fraction of sp³-hybridized carbons (Fsp3) is 0.250. The first kappa shape index (κ1) is 14.3. The first-order chi connectivity index (χ1) is 10.5. The maximum atomic E-state index is 12.9. The van der Waals surface area contributed by atoms with Crippen LogP contribution < -0.4 is 0 Å². The molecule has 0 saturated carbocycles. The molecule has 2 heterocycles. The van der Waals surface area contributed by atoms with Gasteiger partial charge < -0.3 is 14.4 Å². The van der Waals surface area contributed by atoms with Gasteiger partial charge in [0, 0.05) is 18.7 Å². The molecule has 0 aliphatic carbocycles. The Morgan fingerprint density at radius 3 is 2.55 bits per heavy atom. The van der Waals surface area contributed by atoms with Crippen molar-refractivity contribution in [3.63, 3.8) is 0 Å². The van der Waals surface area contributed by atoms with Crippen molar-refractivity contribution < 1.29 is 23.5 Å². The molecule has 0 bridgehead atoms. The number of rotatable bonds is 3. The van der Waals surface area contributed by atoms with E-state index >= 15 is 0 Å². The average Bonchev–Trinajstić information content (AvgIpc) is 3.17. The summed E-state index contributed by atoms with van der Waals surface area (Å²) in [5.74, 6) is -1.44. The summed E-state index contributed by atoms with van der Waals surface area (Å²) < 4.78 is 18.4. The molecule has 1 fully saturated rings. The molecule has 1 amide bonds. The summed E-state index contributed by atoms with van der Waals surface area (Å²) in [7, 11) is 0. The molecule has 0 unspecified atom stereocenters. The van der Waals surface area contributed by atoms with E-state index in [2.05, 4.69) is 0 Å². The van der Waals surface area contributed by atoms with Gasteiger partial charge in [-0.1, -0.05) is 0 Å². The Kier molecular flexibility index (Phi) is 3.66. The van der Waals surface area contributed by atoms with Gasteiger partial charge in [0.05, 0.1) is 5.92 Å². The number of halogens is 1. The van der Waals surface area contributed by atoms with Gasteiger partial charge in [0.1, 0.15) is 11.6 Å². The Balaban J connectivity index is 1.75. The lowest BCUT2D eigenvalue weighted by atomic mass is 10.1. The second-order valence-electron chi connectivity index (χ2n) is 5.25. The van der Waals surface area contributed by atoms with E-state index in [0.717, 1.165) is 0 Å². The summed E-state index contributed by atoms with van der Waals surface area (Å²) in [5.41, 5.74) is 0.672. The molecular formula is C16H14FNO4. The minimum Gasteiger partial charge on any atom is -0.481 e. The van der Waals surface area contributed by atoms with Gasteiger partial charge in [-0.15, -0.1) is 0 Å². The highest BCUT2D eigenvalue weighted by Gasteiger charge is 2.32. The largest absolute Gasteiger partial charge is 0.481 e. The van der Waals surface area contributed by atoms with E-state index in [9.17, 15) is 14.0 Å². The summed E-state index contributed by atoms with van der Waals surface area (Å²) in [6.45, 7) is 0.600. The molecule has 1 N–H and O–H groups in total. The lowest BCUT2D eigenvalue weighted by Gasteiger charge is -2.13. The number of hydrogen-bond donors (Lipinski definition) is 1. The van der Waals surface area contributed by atoms with E-state index in [1.54, 1.807) is 24.3 Å². The predicted molar refractivity (Wildman–Crippen MR) is 75.7 cm³/mol. The minimum atomic E-state index is -0.887. The Morgan fingerprint density at radius 2 is 1.91 bits per heavy atom. The molecule has 1 aromatic carbocycles. The third-order valence-electron chi connectivity index (χ3n) is 3.77. The number of carbonyl (C=O) groups excluding carboxylic acids is 1. The molecule has 114 valence electrons. The van der Waals surface area contributed by atoms with Crippen molar-refractivity contribution in [1.82, 2.24) is 4.90 Å². The van der Waals surface area contributed by atoms with Crippen LogP contribution in [0.5, 0.6) is 0 Å². The zero-order valence-corrected chi connectivity index (χ0v) is 11.7.